The second kappa shape index (κ2) is 5.69. The summed E-state index contributed by atoms with van der Waals surface area (Å²) < 4.78 is 49.5. The van der Waals surface area contributed by atoms with Crippen molar-refractivity contribution < 1.29 is 27.4 Å². The molecule has 23 heavy (non-hydrogen) atoms. The van der Waals surface area contributed by atoms with Gasteiger partial charge in [0.25, 0.3) is 0 Å². The molecule has 0 heterocycles. The highest BCUT2D eigenvalue weighted by molar-refractivity contribution is 7.98. The van der Waals surface area contributed by atoms with Crippen LogP contribution >= 0.6 is 11.8 Å². The number of hydrogen-bond donors (Lipinski definition) is 0. The van der Waals surface area contributed by atoms with Crippen molar-refractivity contribution >= 4 is 17.7 Å². The number of rotatable bonds is 5. The van der Waals surface area contributed by atoms with Crippen LogP contribution in [0.4, 0.5) is 13.2 Å². The zero-order valence-corrected chi connectivity index (χ0v) is 13.9. The van der Waals surface area contributed by atoms with Gasteiger partial charge in [-0.25, -0.2) is 4.79 Å². The van der Waals surface area contributed by atoms with Gasteiger partial charge in [0.05, 0.1) is 11.5 Å². The van der Waals surface area contributed by atoms with Crippen LogP contribution in [0.3, 0.4) is 0 Å². The Morgan fingerprint density at radius 1 is 1.22 bits per heavy atom. The lowest BCUT2D eigenvalue weighted by Gasteiger charge is -2.60. The van der Waals surface area contributed by atoms with E-state index in [4.69, 9.17) is 9.47 Å². The first-order valence-corrected chi connectivity index (χ1v) is 9.19. The van der Waals surface area contributed by atoms with Crippen molar-refractivity contribution in [3.8, 4) is 0 Å². The SMILES string of the molecule is C=C(C(=O)OC12CC3CC(CC(OCSC)(C3)C1)C2)C(F)(F)F. The summed E-state index contributed by atoms with van der Waals surface area (Å²) >= 11 is 1.58. The van der Waals surface area contributed by atoms with E-state index in [1.165, 1.54) is 0 Å². The maximum atomic E-state index is 12.7. The first kappa shape index (κ1) is 17.1. The molecule has 2 atom stereocenters. The molecule has 4 aliphatic carbocycles. The topological polar surface area (TPSA) is 35.5 Å². The smallest absolute Gasteiger partial charge is 0.422 e. The molecule has 0 aromatic rings. The molecule has 0 aromatic heterocycles. The van der Waals surface area contributed by atoms with Gasteiger partial charge in [-0.3, -0.25) is 0 Å². The third kappa shape index (κ3) is 3.27. The van der Waals surface area contributed by atoms with Crippen molar-refractivity contribution in [2.75, 3.05) is 12.2 Å². The molecule has 0 aliphatic heterocycles. The highest BCUT2D eigenvalue weighted by atomic mass is 32.2. The summed E-state index contributed by atoms with van der Waals surface area (Å²) in [7, 11) is 0. The molecule has 3 nitrogen and oxygen atoms in total. The number of hydrogen-bond acceptors (Lipinski definition) is 4. The Morgan fingerprint density at radius 3 is 2.30 bits per heavy atom. The molecule has 4 saturated carbocycles. The monoisotopic (exact) mass is 350 g/mol. The van der Waals surface area contributed by atoms with E-state index >= 15 is 0 Å². The highest BCUT2D eigenvalue weighted by Crippen LogP contribution is 2.60. The normalized spacial score (nSPS) is 38.6. The minimum atomic E-state index is -4.74. The minimum Gasteiger partial charge on any atom is -0.455 e. The summed E-state index contributed by atoms with van der Waals surface area (Å²) in [6.45, 7) is 2.86. The van der Waals surface area contributed by atoms with Crippen LogP contribution in [0.1, 0.15) is 38.5 Å². The number of halogens is 3. The molecule has 0 amide bonds. The zero-order chi connectivity index (χ0) is 16.9. The average molecular weight is 350 g/mol. The number of alkyl halides is 3. The van der Waals surface area contributed by atoms with Crippen LogP contribution < -0.4 is 0 Å². The van der Waals surface area contributed by atoms with E-state index in [1.807, 2.05) is 6.26 Å². The summed E-state index contributed by atoms with van der Waals surface area (Å²) in [6.07, 6.45) is 1.90. The van der Waals surface area contributed by atoms with Gasteiger partial charge in [0.1, 0.15) is 11.2 Å². The van der Waals surface area contributed by atoms with E-state index in [0.29, 0.717) is 37.0 Å². The largest absolute Gasteiger partial charge is 0.455 e. The van der Waals surface area contributed by atoms with Crippen molar-refractivity contribution in [3.63, 3.8) is 0 Å². The quantitative estimate of drug-likeness (QED) is 0.425. The molecule has 4 aliphatic rings. The summed E-state index contributed by atoms with van der Waals surface area (Å²) in [5, 5.41) is 0. The van der Waals surface area contributed by atoms with E-state index in [0.717, 1.165) is 19.3 Å². The van der Waals surface area contributed by atoms with Gasteiger partial charge in [0.15, 0.2) is 0 Å². The summed E-state index contributed by atoms with van der Waals surface area (Å²) in [4.78, 5) is 11.9. The van der Waals surface area contributed by atoms with Crippen molar-refractivity contribution in [1.82, 2.24) is 0 Å². The highest BCUT2D eigenvalue weighted by Gasteiger charge is 2.60. The number of carbonyl (C=O) groups excluding carboxylic acids is 1. The van der Waals surface area contributed by atoms with E-state index in [9.17, 15) is 18.0 Å². The number of ether oxygens (including phenoxy) is 2. The van der Waals surface area contributed by atoms with Gasteiger partial charge in [-0.2, -0.15) is 13.2 Å². The van der Waals surface area contributed by atoms with E-state index in [2.05, 4.69) is 6.58 Å². The first-order valence-electron chi connectivity index (χ1n) is 7.79. The molecule has 7 heteroatoms. The summed E-state index contributed by atoms with van der Waals surface area (Å²) in [5.74, 6) is -0.0479. The molecule has 0 radical (unpaired) electrons. The van der Waals surface area contributed by atoms with Crippen LogP contribution in [0, 0.1) is 11.8 Å². The van der Waals surface area contributed by atoms with Crippen molar-refractivity contribution in [3.05, 3.63) is 12.2 Å². The molecule has 4 rings (SSSR count). The minimum absolute atomic E-state index is 0.340. The fourth-order valence-electron chi connectivity index (χ4n) is 4.94. The van der Waals surface area contributed by atoms with Gasteiger partial charge in [-0.1, -0.05) is 6.58 Å². The van der Waals surface area contributed by atoms with E-state index in [1.54, 1.807) is 11.8 Å². The summed E-state index contributed by atoms with van der Waals surface area (Å²) in [5.41, 5.74) is -2.58. The lowest BCUT2D eigenvalue weighted by Crippen LogP contribution is -2.61. The van der Waals surface area contributed by atoms with Crippen LogP contribution in [0.25, 0.3) is 0 Å². The Bertz CT molecular complexity index is 503. The lowest BCUT2D eigenvalue weighted by atomic mass is 9.52. The molecule has 130 valence electrons. The van der Waals surface area contributed by atoms with Gasteiger partial charge in [0.2, 0.25) is 0 Å². The zero-order valence-electron chi connectivity index (χ0n) is 13.1. The van der Waals surface area contributed by atoms with E-state index < -0.39 is 23.3 Å². The van der Waals surface area contributed by atoms with Crippen LogP contribution in [-0.2, 0) is 14.3 Å². The molecular formula is C16H21F3O3S. The Balaban J connectivity index is 1.76. The number of thioether (sulfide) groups is 1. The maximum Gasteiger partial charge on any atom is 0.422 e. The van der Waals surface area contributed by atoms with Gasteiger partial charge < -0.3 is 9.47 Å². The molecule has 0 N–H and O–H groups in total. The standard InChI is InChI=1S/C16H21F3O3S/c1-10(16(17,18)19)13(20)22-15-6-11-3-12(7-15)5-14(4-11,8-15)21-9-23-2/h11-12H,1,3-9H2,2H3. The van der Waals surface area contributed by atoms with Gasteiger partial charge in [-0.05, 0) is 50.2 Å². The Labute approximate surface area is 138 Å². The fourth-order valence-corrected chi connectivity index (χ4v) is 5.31. The van der Waals surface area contributed by atoms with Gasteiger partial charge in [0, 0.05) is 6.42 Å². The summed E-state index contributed by atoms with van der Waals surface area (Å²) in [6, 6.07) is 0. The van der Waals surface area contributed by atoms with Gasteiger partial charge in [-0.15, -0.1) is 11.8 Å². The van der Waals surface area contributed by atoms with Crippen molar-refractivity contribution in [2.24, 2.45) is 11.8 Å². The molecular weight excluding hydrogens is 329 g/mol. The second-order valence-corrected chi connectivity index (χ2v) is 8.06. The molecule has 4 fully saturated rings. The van der Waals surface area contributed by atoms with Gasteiger partial charge >= 0.3 is 12.1 Å². The first-order chi connectivity index (χ1) is 10.7. The third-order valence-corrected chi connectivity index (χ3v) is 5.69. The maximum absolute atomic E-state index is 12.7. The van der Waals surface area contributed by atoms with Crippen LogP contribution in [0.5, 0.6) is 0 Å². The van der Waals surface area contributed by atoms with Crippen LogP contribution in [0.2, 0.25) is 0 Å². The molecule has 0 spiro atoms. The molecule has 2 unspecified atom stereocenters. The Kier molecular flexibility index (Phi) is 4.24. The second-order valence-electron chi connectivity index (χ2n) is 7.24. The third-order valence-electron chi connectivity index (χ3n) is 5.33. The molecule has 0 aromatic carbocycles. The lowest BCUT2D eigenvalue weighted by molar-refractivity contribution is -0.229. The predicted octanol–water partition coefficient (Wildman–Crippen LogP) is 4.08. The van der Waals surface area contributed by atoms with Crippen molar-refractivity contribution in [1.29, 1.82) is 0 Å². The predicted molar refractivity (Wildman–Crippen MR) is 80.9 cm³/mol. The van der Waals surface area contributed by atoms with E-state index in [-0.39, 0.29) is 5.60 Å². The molecule has 0 saturated heterocycles. The van der Waals surface area contributed by atoms with Crippen LogP contribution in [-0.4, -0.2) is 35.5 Å². The fraction of sp³-hybridized carbons (Fsp3) is 0.812. The Hall–Kier alpha value is -0.690. The molecule has 4 bridgehead atoms. The number of carbonyl (C=O) groups is 1. The number of esters is 1. The van der Waals surface area contributed by atoms with Crippen LogP contribution in [0.15, 0.2) is 12.2 Å². The Morgan fingerprint density at radius 2 is 1.78 bits per heavy atom. The van der Waals surface area contributed by atoms with Crippen molar-refractivity contribution in [2.45, 2.75) is 55.9 Å². The average Bonchev–Trinajstić information content (AvgIpc) is 2.41.